The highest BCUT2D eigenvalue weighted by molar-refractivity contribution is 7.99. The normalized spacial score (nSPS) is 13.3. The smallest absolute Gasteiger partial charge is 0.313 e. The van der Waals surface area contributed by atoms with E-state index in [0.717, 1.165) is 36.6 Å². The van der Waals surface area contributed by atoms with E-state index in [1.807, 2.05) is 0 Å². The van der Waals surface area contributed by atoms with Gasteiger partial charge in [0, 0.05) is 9.90 Å². The molecule has 0 radical (unpaired) electrons. The van der Waals surface area contributed by atoms with E-state index in [2.05, 4.69) is 4.98 Å². The average Bonchev–Trinajstić information content (AvgIpc) is 3.14. The number of thioether (sulfide) groups is 1. The molecule has 128 valence electrons. The number of nitrogens with zero attached hydrogens (tertiary/aromatic N) is 2. The first-order chi connectivity index (χ1) is 12.0. The van der Waals surface area contributed by atoms with Gasteiger partial charge in [-0.2, -0.15) is 0 Å². The molecule has 4 rings (SSSR count). The number of carbonyl (C=O) groups is 1. The summed E-state index contributed by atoms with van der Waals surface area (Å²) in [5.74, 6) is -1.10. The van der Waals surface area contributed by atoms with E-state index in [4.69, 9.17) is 16.7 Å². The molecule has 1 aromatic carbocycles. The Hall–Kier alpha value is -1.83. The van der Waals surface area contributed by atoms with Gasteiger partial charge in [0.25, 0.3) is 5.56 Å². The lowest BCUT2D eigenvalue weighted by atomic mass is 10.2. The number of fused-ring (bicyclic) bond motifs is 3. The molecule has 0 bridgehead atoms. The summed E-state index contributed by atoms with van der Waals surface area (Å²) in [6, 6.07) is 6.90. The topological polar surface area (TPSA) is 72.2 Å². The predicted molar refractivity (Wildman–Crippen MR) is 101 cm³/mol. The summed E-state index contributed by atoms with van der Waals surface area (Å²) in [6.07, 6.45) is 2.94. The van der Waals surface area contributed by atoms with Gasteiger partial charge in [-0.05, 0) is 49.1 Å². The molecule has 0 saturated carbocycles. The molecular weight excluding hydrogens is 380 g/mol. The van der Waals surface area contributed by atoms with Gasteiger partial charge in [-0.25, -0.2) is 4.98 Å². The van der Waals surface area contributed by atoms with Gasteiger partial charge in [-0.1, -0.05) is 23.4 Å². The standard InChI is InChI=1S/C17H13ClN2O3S2/c18-9-4-6-10(7-5-9)20-16(23)14-11-2-1-3-12(11)25-15(14)19-17(20)24-8-13(21)22/h4-7H,1-3,8H2,(H,21,22). The van der Waals surface area contributed by atoms with Crippen LogP contribution >= 0.6 is 34.7 Å². The average molecular weight is 393 g/mol. The van der Waals surface area contributed by atoms with Crippen molar-refractivity contribution in [1.82, 2.24) is 9.55 Å². The van der Waals surface area contributed by atoms with Crippen LogP contribution in [0, 0.1) is 0 Å². The number of benzene rings is 1. The third-order valence-electron chi connectivity index (χ3n) is 4.12. The molecule has 1 N–H and O–H groups in total. The van der Waals surface area contributed by atoms with Crippen LogP contribution in [-0.2, 0) is 17.6 Å². The van der Waals surface area contributed by atoms with Gasteiger partial charge in [0.2, 0.25) is 0 Å². The number of hydrogen-bond donors (Lipinski definition) is 1. The van der Waals surface area contributed by atoms with E-state index < -0.39 is 5.97 Å². The predicted octanol–water partition coefficient (Wildman–Crippen LogP) is 3.77. The Morgan fingerprint density at radius 2 is 2.08 bits per heavy atom. The van der Waals surface area contributed by atoms with Crippen molar-refractivity contribution in [2.45, 2.75) is 24.4 Å². The summed E-state index contributed by atoms with van der Waals surface area (Å²) >= 11 is 8.55. The molecule has 1 aliphatic carbocycles. The highest BCUT2D eigenvalue weighted by atomic mass is 35.5. The van der Waals surface area contributed by atoms with Gasteiger partial charge in [0.1, 0.15) is 4.83 Å². The number of hydrogen-bond acceptors (Lipinski definition) is 5. The minimum absolute atomic E-state index is 0.139. The largest absolute Gasteiger partial charge is 0.481 e. The molecule has 3 aromatic rings. The van der Waals surface area contributed by atoms with Crippen molar-refractivity contribution in [1.29, 1.82) is 0 Å². The van der Waals surface area contributed by atoms with Crippen molar-refractivity contribution < 1.29 is 9.90 Å². The molecule has 8 heteroatoms. The van der Waals surface area contributed by atoms with Gasteiger partial charge in [0.05, 0.1) is 16.8 Å². The van der Waals surface area contributed by atoms with E-state index in [1.54, 1.807) is 35.6 Å². The zero-order chi connectivity index (χ0) is 17.6. The lowest BCUT2D eigenvalue weighted by Crippen LogP contribution is -2.22. The van der Waals surface area contributed by atoms with Crippen molar-refractivity contribution in [3.05, 3.63) is 50.1 Å². The molecule has 0 atom stereocenters. The van der Waals surface area contributed by atoms with Crippen molar-refractivity contribution in [3.63, 3.8) is 0 Å². The van der Waals surface area contributed by atoms with Crippen LogP contribution in [0.4, 0.5) is 0 Å². The molecule has 0 spiro atoms. The summed E-state index contributed by atoms with van der Waals surface area (Å²) in [6.45, 7) is 0. The number of carboxylic acids is 1. The number of carboxylic acid groups (broad SMARTS) is 1. The van der Waals surface area contributed by atoms with Crippen LogP contribution in [0.3, 0.4) is 0 Å². The quantitative estimate of drug-likeness (QED) is 0.540. The van der Waals surface area contributed by atoms with E-state index in [1.165, 1.54) is 9.44 Å². The van der Waals surface area contributed by atoms with E-state index >= 15 is 0 Å². The number of aryl methyl sites for hydroxylation is 2. The zero-order valence-corrected chi connectivity index (χ0v) is 15.4. The molecule has 0 aliphatic heterocycles. The number of halogens is 1. The van der Waals surface area contributed by atoms with Crippen molar-refractivity contribution >= 4 is 50.9 Å². The van der Waals surface area contributed by atoms with Crippen LogP contribution in [0.15, 0.2) is 34.2 Å². The SMILES string of the molecule is O=C(O)CSc1nc2sc3c(c2c(=O)n1-c1ccc(Cl)cc1)CCC3. The minimum Gasteiger partial charge on any atom is -0.481 e. The zero-order valence-electron chi connectivity index (χ0n) is 13.0. The maximum atomic E-state index is 13.2. The summed E-state index contributed by atoms with van der Waals surface area (Å²) < 4.78 is 1.50. The van der Waals surface area contributed by atoms with Crippen LogP contribution < -0.4 is 5.56 Å². The molecule has 5 nitrogen and oxygen atoms in total. The second kappa shape index (κ2) is 6.48. The fourth-order valence-electron chi connectivity index (χ4n) is 3.07. The van der Waals surface area contributed by atoms with E-state index in [9.17, 15) is 9.59 Å². The molecule has 1 aliphatic rings. The van der Waals surface area contributed by atoms with Gasteiger partial charge < -0.3 is 5.11 Å². The van der Waals surface area contributed by atoms with Crippen LogP contribution in [0.5, 0.6) is 0 Å². The Bertz CT molecular complexity index is 1040. The molecule has 0 fully saturated rings. The van der Waals surface area contributed by atoms with E-state index in [-0.39, 0.29) is 11.3 Å². The number of rotatable bonds is 4. The minimum atomic E-state index is -0.948. The lowest BCUT2D eigenvalue weighted by Gasteiger charge is -2.12. The molecule has 2 heterocycles. The fourth-order valence-corrected chi connectivity index (χ4v) is 5.23. The Balaban J connectivity index is 1.97. The van der Waals surface area contributed by atoms with Gasteiger partial charge in [0.15, 0.2) is 5.16 Å². The molecule has 0 unspecified atom stereocenters. The summed E-state index contributed by atoms with van der Waals surface area (Å²) in [5.41, 5.74) is 1.60. The maximum absolute atomic E-state index is 13.2. The molecule has 0 saturated heterocycles. The van der Waals surface area contributed by atoms with E-state index in [0.29, 0.717) is 26.1 Å². The van der Waals surface area contributed by atoms with Gasteiger partial charge in [-0.3, -0.25) is 14.2 Å². The van der Waals surface area contributed by atoms with Gasteiger partial charge in [-0.15, -0.1) is 11.3 Å². The fraction of sp³-hybridized carbons (Fsp3) is 0.235. The summed E-state index contributed by atoms with van der Waals surface area (Å²) in [7, 11) is 0. The Morgan fingerprint density at radius 1 is 1.32 bits per heavy atom. The summed E-state index contributed by atoms with van der Waals surface area (Å²) in [5, 5.41) is 10.6. The van der Waals surface area contributed by atoms with Gasteiger partial charge >= 0.3 is 5.97 Å². The lowest BCUT2D eigenvalue weighted by molar-refractivity contribution is -0.133. The first kappa shape index (κ1) is 16.6. The Kier molecular flexibility index (Phi) is 4.31. The molecule has 0 amide bonds. The maximum Gasteiger partial charge on any atom is 0.313 e. The second-order valence-electron chi connectivity index (χ2n) is 5.73. The van der Waals surface area contributed by atoms with Crippen LogP contribution in [0.1, 0.15) is 16.9 Å². The first-order valence-electron chi connectivity index (χ1n) is 7.72. The van der Waals surface area contributed by atoms with Crippen molar-refractivity contribution in [2.24, 2.45) is 0 Å². The molecule has 2 aromatic heterocycles. The Morgan fingerprint density at radius 3 is 2.80 bits per heavy atom. The first-order valence-corrected chi connectivity index (χ1v) is 9.90. The highest BCUT2D eigenvalue weighted by Gasteiger charge is 2.24. The van der Waals surface area contributed by atoms with Crippen molar-refractivity contribution in [2.75, 3.05) is 5.75 Å². The van der Waals surface area contributed by atoms with Crippen LogP contribution in [0.25, 0.3) is 15.9 Å². The second-order valence-corrected chi connectivity index (χ2v) is 8.19. The molecule has 25 heavy (non-hydrogen) atoms. The van der Waals surface area contributed by atoms with Crippen LogP contribution in [-0.4, -0.2) is 26.4 Å². The number of aliphatic carboxylic acids is 1. The monoisotopic (exact) mass is 392 g/mol. The number of aromatic nitrogens is 2. The Labute approximate surface area is 156 Å². The van der Waals surface area contributed by atoms with Crippen LogP contribution in [0.2, 0.25) is 5.02 Å². The summed E-state index contributed by atoms with van der Waals surface area (Å²) in [4.78, 5) is 30.8. The van der Waals surface area contributed by atoms with Crippen molar-refractivity contribution in [3.8, 4) is 5.69 Å². The molecular formula is C17H13ClN2O3S2. The third kappa shape index (κ3) is 2.96. The third-order valence-corrected chi connectivity index (χ3v) is 6.48. The highest BCUT2D eigenvalue weighted by Crippen LogP contribution is 2.36. The number of thiophene rings is 1.